The fourth-order valence-corrected chi connectivity index (χ4v) is 3.97. The number of benzene rings is 1. The third-order valence-electron chi connectivity index (χ3n) is 5.58. The summed E-state index contributed by atoms with van der Waals surface area (Å²) in [4.78, 5) is 19.2. The zero-order valence-corrected chi connectivity index (χ0v) is 16.8. The zero-order valence-electron chi connectivity index (χ0n) is 16.8. The van der Waals surface area contributed by atoms with Gasteiger partial charge in [0.1, 0.15) is 11.8 Å². The lowest BCUT2D eigenvalue weighted by Gasteiger charge is -2.38. The van der Waals surface area contributed by atoms with E-state index in [2.05, 4.69) is 32.5 Å². The van der Waals surface area contributed by atoms with Gasteiger partial charge in [0.05, 0.1) is 23.4 Å². The summed E-state index contributed by atoms with van der Waals surface area (Å²) >= 11 is 0. The first-order valence-corrected chi connectivity index (χ1v) is 10.0. The third kappa shape index (κ3) is 4.24. The van der Waals surface area contributed by atoms with Gasteiger partial charge in [-0.05, 0) is 49.1 Å². The van der Waals surface area contributed by atoms with Gasteiger partial charge in [0, 0.05) is 31.5 Å². The Labute approximate surface area is 175 Å². The molecule has 1 unspecified atom stereocenters. The van der Waals surface area contributed by atoms with Crippen LogP contribution in [0.5, 0.6) is 0 Å². The van der Waals surface area contributed by atoms with Crippen LogP contribution in [-0.4, -0.2) is 40.1 Å². The fourth-order valence-electron chi connectivity index (χ4n) is 3.97. The van der Waals surface area contributed by atoms with Crippen molar-refractivity contribution in [2.75, 3.05) is 13.1 Å². The highest BCUT2D eigenvalue weighted by atomic mass is 16.5. The molecule has 30 heavy (non-hydrogen) atoms. The second kappa shape index (κ2) is 8.89. The Hall–Kier alpha value is -3.50. The van der Waals surface area contributed by atoms with E-state index in [0.29, 0.717) is 16.8 Å². The van der Waals surface area contributed by atoms with E-state index in [4.69, 9.17) is 9.78 Å². The van der Waals surface area contributed by atoms with Gasteiger partial charge in [-0.15, -0.1) is 0 Å². The highest BCUT2D eigenvalue weighted by Crippen LogP contribution is 2.31. The van der Waals surface area contributed by atoms with Gasteiger partial charge in [-0.25, -0.2) is 0 Å². The van der Waals surface area contributed by atoms with Crippen LogP contribution < -0.4 is 5.32 Å². The van der Waals surface area contributed by atoms with E-state index in [9.17, 15) is 4.79 Å². The first-order valence-electron chi connectivity index (χ1n) is 10.0. The van der Waals surface area contributed by atoms with Gasteiger partial charge in [-0.2, -0.15) is 5.26 Å². The maximum atomic E-state index is 12.5. The quantitative estimate of drug-likeness (QED) is 0.705. The molecule has 7 nitrogen and oxygen atoms in total. The zero-order chi connectivity index (χ0) is 20.9. The van der Waals surface area contributed by atoms with Crippen molar-refractivity contribution < 1.29 is 9.32 Å². The molecule has 0 aliphatic carbocycles. The molecule has 7 heteroatoms. The van der Waals surface area contributed by atoms with E-state index in [1.165, 1.54) is 6.26 Å². The first-order chi connectivity index (χ1) is 14.7. The third-order valence-corrected chi connectivity index (χ3v) is 5.58. The molecule has 1 amide bonds. The monoisotopic (exact) mass is 401 g/mol. The van der Waals surface area contributed by atoms with Crippen LogP contribution in [0.4, 0.5) is 0 Å². The number of piperidine rings is 1. The summed E-state index contributed by atoms with van der Waals surface area (Å²) in [6.07, 6.45) is 6.76. The van der Waals surface area contributed by atoms with Gasteiger partial charge in [0.15, 0.2) is 0 Å². The van der Waals surface area contributed by atoms with Crippen LogP contribution in [0.25, 0.3) is 0 Å². The molecular formula is C23H23N5O2. The minimum absolute atomic E-state index is 0.0587. The number of carbonyl (C=O) groups excluding carboxylic acids is 1. The van der Waals surface area contributed by atoms with Crippen molar-refractivity contribution in [2.45, 2.75) is 31.8 Å². The minimum atomic E-state index is -0.136. The Bertz CT molecular complexity index is 1030. The molecule has 2 aromatic heterocycles. The van der Waals surface area contributed by atoms with Crippen molar-refractivity contribution in [1.29, 1.82) is 5.26 Å². The van der Waals surface area contributed by atoms with E-state index < -0.39 is 0 Å². The maximum absolute atomic E-state index is 12.5. The summed E-state index contributed by atoms with van der Waals surface area (Å²) < 4.78 is 4.87. The van der Waals surface area contributed by atoms with Gasteiger partial charge in [-0.3, -0.25) is 14.7 Å². The first kappa shape index (κ1) is 19.8. The van der Waals surface area contributed by atoms with Gasteiger partial charge in [0.2, 0.25) is 0 Å². The van der Waals surface area contributed by atoms with E-state index in [0.717, 1.165) is 37.1 Å². The summed E-state index contributed by atoms with van der Waals surface area (Å²) in [5.41, 5.74) is 3.98. The van der Waals surface area contributed by atoms with Gasteiger partial charge < -0.3 is 9.84 Å². The summed E-state index contributed by atoms with van der Waals surface area (Å²) in [6.45, 7) is 3.44. The van der Waals surface area contributed by atoms with Crippen molar-refractivity contribution in [1.82, 2.24) is 20.4 Å². The number of nitrogens with zero attached hydrogens (tertiary/aromatic N) is 4. The average molecular weight is 401 g/mol. The average Bonchev–Trinajstić information content (AvgIpc) is 3.22. The van der Waals surface area contributed by atoms with Crippen LogP contribution in [0.1, 0.15) is 51.6 Å². The number of carbonyl (C=O) groups is 1. The minimum Gasteiger partial charge on any atom is -0.364 e. The SMILES string of the molecule is Cc1nocc1C(=O)NC1CCN(C(c2ccc(C#N)cc2)c2cccnc2)CC1. The molecule has 0 bridgehead atoms. The Kier molecular flexibility index (Phi) is 5.87. The Morgan fingerprint density at radius 2 is 2.00 bits per heavy atom. The normalized spacial score (nSPS) is 16.0. The van der Waals surface area contributed by atoms with Crippen molar-refractivity contribution in [3.63, 3.8) is 0 Å². The predicted molar refractivity (Wildman–Crippen MR) is 111 cm³/mol. The molecule has 152 valence electrons. The number of nitriles is 1. The lowest BCUT2D eigenvalue weighted by atomic mass is 9.94. The molecule has 1 aliphatic rings. The van der Waals surface area contributed by atoms with Crippen LogP contribution in [0, 0.1) is 18.3 Å². The second-order valence-corrected chi connectivity index (χ2v) is 7.52. The largest absolute Gasteiger partial charge is 0.364 e. The van der Waals surface area contributed by atoms with Crippen molar-refractivity contribution in [3.8, 4) is 6.07 Å². The predicted octanol–water partition coefficient (Wildman–Crippen LogP) is 3.23. The molecule has 0 saturated carbocycles. The highest BCUT2D eigenvalue weighted by Gasteiger charge is 2.28. The molecule has 3 heterocycles. The Morgan fingerprint density at radius 1 is 1.23 bits per heavy atom. The molecule has 1 aliphatic heterocycles. The molecule has 1 aromatic carbocycles. The Balaban J connectivity index is 1.47. The summed E-state index contributed by atoms with van der Waals surface area (Å²) in [6, 6.07) is 14.1. The molecule has 1 saturated heterocycles. The number of hydrogen-bond acceptors (Lipinski definition) is 6. The number of hydrogen-bond donors (Lipinski definition) is 1. The summed E-state index contributed by atoms with van der Waals surface area (Å²) in [5, 5.41) is 16.0. The van der Waals surface area contributed by atoms with Crippen LogP contribution in [0.3, 0.4) is 0 Å². The lowest BCUT2D eigenvalue weighted by molar-refractivity contribution is 0.0899. The smallest absolute Gasteiger partial charge is 0.256 e. The molecular weight excluding hydrogens is 378 g/mol. The number of amides is 1. The van der Waals surface area contributed by atoms with Gasteiger partial charge in [-0.1, -0.05) is 23.4 Å². The van der Waals surface area contributed by atoms with E-state index in [1.54, 1.807) is 13.1 Å². The van der Waals surface area contributed by atoms with Crippen LogP contribution in [-0.2, 0) is 0 Å². The number of rotatable bonds is 5. The van der Waals surface area contributed by atoms with E-state index >= 15 is 0 Å². The fraction of sp³-hybridized carbons (Fsp3) is 0.304. The van der Waals surface area contributed by atoms with E-state index in [1.807, 2.05) is 36.5 Å². The Morgan fingerprint density at radius 3 is 2.60 bits per heavy atom. The number of nitrogens with one attached hydrogen (secondary N) is 1. The molecule has 0 radical (unpaired) electrons. The molecule has 1 fully saturated rings. The standard InChI is InChI=1S/C23H23N5O2/c1-16-21(15-30-27-16)23(29)26-20-8-11-28(12-9-20)22(19-3-2-10-25-14-19)18-6-4-17(13-24)5-7-18/h2-7,10,14-15,20,22H,8-9,11-12H2,1H3,(H,26,29). The number of likely N-dealkylation sites (tertiary alicyclic amines) is 1. The summed E-state index contributed by atoms with van der Waals surface area (Å²) in [5.74, 6) is -0.136. The van der Waals surface area contributed by atoms with Gasteiger partial charge in [0.25, 0.3) is 5.91 Å². The number of aromatic nitrogens is 2. The number of pyridine rings is 1. The van der Waals surface area contributed by atoms with Gasteiger partial charge >= 0.3 is 0 Å². The van der Waals surface area contributed by atoms with Crippen LogP contribution in [0.2, 0.25) is 0 Å². The second-order valence-electron chi connectivity index (χ2n) is 7.52. The van der Waals surface area contributed by atoms with Crippen molar-refractivity contribution in [2.24, 2.45) is 0 Å². The topological polar surface area (TPSA) is 95.0 Å². The molecule has 1 N–H and O–H groups in total. The maximum Gasteiger partial charge on any atom is 0.256 e. The van der Waals surface area contributed by atoms with Crippen LogP contribution in [0.15, 0.2) is 59.6 Å². The van der Waals surface area contributed by atoms with E-state index in [-0.39, 0.29) is 18.0 Å². The van der Waals surface area contributed by atoms with Crippen molar-refractivity contribution >= 4 is 5.91 Å². The lowest BCUT2D eigenvalue weighted by Crippen LogP contribution is -2.46. The molecule has 3 aromatic rings. The molecule has 1 atom stereocenters. The van der Waals surface area contributed by atoms with Crippen LogP contribution >= 0.6 is 0 Å². The highest BCUT2D eigenvalue weighted by molar-refractivity contribution is 5.94. The summed E-state index contributed by atoms with van der Waals surface area (Å²) in [7, 11) is 0. The molecule has 0 spiro atoms. The molecule has 4 rings (SSSR count). The number of aryl methyl sites for hydroxylation is 1. The van der Waals surface area contributed by atoms with Crippen molar-refractivity contribution in [3.05, 3.63) is 83.0 Å².